The SMILES string of the molecule is CO[Si](CCCn1c(=O)n(C)c(=O)n(C)c1=O)(OC)OC. The summed E-state index contributed by atoms with van der Waals surface area (Å²) in [6.45, 7) is 0.157. The second-order valence-electron chi connectivity index (χ2n) is 4.52. The third-order valence-corrected chi connectivity index (χ3v) is 6.24. The molecule has 0 unspecified atom stereocenters. The Labute approximate surface area is 122 Å². The molecule has 0 saturated carbocycles. The van der Waals surface area contributed by atoms with Gasteiger partial charge in [-0.05, 0) is 6.42 Å². The highest BCUT2D eigenvalue weighted by atomic mass is 28.4. The number of hydrogen-bond acceptors (Lipinski definition) is 6. The molecule has 1 heterocycles. The van der Waals surface area contributed by atoms with Gasteiger partial charge in [-0.25, -0.2) is 28.1 Å². The molecule has 1 aromatic heterocycles. The summed E-state index contributed by atoms with van der Waals surface area (Å²) in [6.07, 6.45) is 0.453. The summed E-state index contributed by atoms with van der Waals surface area (Å²) in [4.78, 5) is 35.5. The van der Waals surface area contributed by atoms with Gasteiger partial charge in [0.15, 0.2) is 0 Å². The van der Waals surface area contributed by atoms with Crippen LogP contribution in [0, 0.1) is 0 Å². The highest BCUT2D eigenvalue weighted by Gasteiger charge is 2.37. The molecular formula is C11H21N3O6Si. The van der Waals surface area contributed by atoms with Gasteiger partial charge in [-0.15, -0.1) is 0 Å². The van der Waals surface area contributed by atoms with Crippen LogP contribution >= 0.6 is 0 Å². The number of rotatable bonds is 7. The quantitative estimate of drug-likeness (QED) is 0.569. The van der Waals surface area contributed by atoms with E-state index in [1.165, 1.54) is 35.4 Å². The van der Waals surface area contributed by atoms with Crippen LogP contribution in [0.15, 0.2) is 14.4 Å². The van der Waals surface area contributed by atoms with Crippen LogP contribution in [-0.4, -0.2) is 43.8 Å². The van der Waals surface area contributed by atoms with Gasteiger partial charge >= 0.3 is 25.9 Å². The molecule has 0 radical (unpaired) electrons. The monoisotopic (exact) mass is 319 g/mol. The molecule has 0 aromatic carbocycles. The van der Waals surface area contributed by atoms with E-state index in [4.69, 9.17) is 13.3 Å². The van der Waals surface area contributed by atoms with Crippen molar-refractivity contribution in [1.29, 1.82) is 0 Å². The molecule has 0 bridgehead atoms. The van der Waals surface area contributed by atoms with Crippen molar-refractivity contribution in [3.8, 4) is 0 Å². The lowest BCUT2D eigenvalue weighted by Gasteiger charge is -2.24. The molecule has 10 heteroatoms. The average molecular weight is 319 g/mol. The molecular weight excluding hydrogens is 298 g/mol. The predicted octanol–water partition coefficient (Wildman–Crippen LogP) is -1.49. The minimum Gasteiger partial charge on any atom is -0.377 e. The Hall–Kier alpha value is -1.49. The van der Waals surface area contributed by atoms with Crippen LogP contribution in [-0.2, 0) is 33.9 Å². The van der Waals surface area contributed by atoms with E-state index in [0.717, 1.165) is 13.7 Å². The Balaban J connectivity index is 2.99. The molecule has 0 aliphatic carbocycles. The summed E-state index contributed by atoms with van der Waals surface area (Å²) in [6, 6.07) is 0.453. The molecule has 0 fully saturated rings. The third-order valence-electron chi connectivity index (χ3n) is 3.41. The Kier molecular flexibility index (Phi) is 5.84. The Morgan fingerprint density at radius 1 is 0.857 bits per heavy atom. The van der Waals surface area contributed by atoms with Crippen LogP contribution in [0.4, 0.5) is 0 Å². The maximum atomic E-state index is 12.0. The highest BCUT2D eigenvalue weighted by Crippen LogP contribution is 2.14. The molecule has 9 nitrogen and oxygen atoms in total. The molecule has 0 spiro atoms. The van der Waals surface area contributed by atoms with Crippen molar-refractivity contribution in [2.45, 2.75) is 19.0 Å². The summed E-state index contributed by atoms with van der Waals surface area (Å²) >= 11 is 0. The van der Waals surface area contributed by atoms with Crippen LogP contribution in [0.3, 0.4) is 0 Å². The maximum Gasteiger partial charge on any atom is 0.500 e. The van der Waals surface area contributed by atoms with Crippen LogP contribution in [0.25, 0.3) is 0 Å². The van der Waals surface area contributed by atoms with Gasteiger partial charge in [-0.1, -0.05) is 0 Å². The van der Waals surface area contributed by atoms with Crippen molar-refractivity contribution >= 4 is 8.80 Å². The topological polar surface area (TPSA) is 93.7 Å². The van der Waals surface area contributed by atoms with Gasteiger partial charge in [0.1, 0.15) is 0 Å². The molecule has 0 aliphatic rings. The van der Waals surface area contributed by atoms with Crippen LogP contribution in [0.5, 0.6) is 0 Å². The lowest BCUT2D eigenvalue weighted by molar-refractivity contribution is 0.122. The van der Waals surface area contributed by atoms with Crippen molar-refractivity contribution in [2.24, 2.45) is 14.1 Å². The van der Waals surface area contributed by atoms with E-state index in [-0.39, 0.29) is 6.54 Å². The second kappa shape index (κ2) is 6.98. The van der Waals surface area contributed by atoms with E-state index in [1.54, 1.807) is 0 Å². The normalized spacial score (nSPS) is 11.9. The molecule has 0 N–H and O–H groups in total. The van der Waals surface area contributed by atoms with E-state index in [9.17, 15) is 14.4 Å². The summed E-state index contributed by atoms with van der Waals surface area (Å²) in [5.41, 5.74) is -1.92. The van der Waals surface area contributed by atoms with Crippen LogP contribution in [0.1, 0.15) is 6.42 Å². The first-order valence-electron chi connectivity index (χ1n) is 6.36. The summed E-state index contributed by atoms with van der Waals surface area (Å²) in [5.74, 6) is 0. The summed E-state index contributed by atoms with van der Waals surface area (Å²) < 4.78 is 18.6. The zero-order valence-corrected chi connectivity index (χ0v) is 13.9. The minimum atomic E-state index is -2.74. The number of aromatic nitrogens is 3. The standard InChI is InChI=1S/C11H21N3O6Si/c1-12-9(15)13(2)11(17)14(10(12)16)7-6-8-21(18-3,19-4)20-5/h6-8H2,1-5H3. The lowest BCUT2D eigenvalue weighted by Crippen LogP contribution is -2.53. The minimum absolute atomic E-state index is 0.157. The Bertz CT molecular complexity index is 609. The molecule has 1 aromatic rings. The van der Waals surface area contributed by atoms with Crippen molar-refractivity contribution in [3.63, 3.8) is 0 Å². The molecule has 120 valence electrons. The first kappa shape index (κ1) is 17.6. The first-order chi connectivity index (χ1) is 9.83. The molecule has 0 saturated heterocycles. The van der Waals surface area contributed by atoms with Crippen LogP contribution < -0.4 is 17.1 Å². The van der Waals surface area contributed by atoms with Gasteiger partial charge in [0, 0.05) is 48.0 Å². The summed E-state index contributed by atoms with van der Waals surface area (Å²) in [5, 5.41) is 0. The zero-order valence-electron chi connectivity index (χ0n) is 12.9. The van der Waals surface area contributed by atoms with Gasteiger partial charge in [0.2, 0.25) is 0 Å². The van der Waals surface area contributed by atoms with Gasteiger partial charge in [-0.3, -0.25) is 0 Å². The average Bonchev–Trinajstić information content (AvgIpc) is 2.51. The van der Waals surface area contributed by atoms with Crippen molar-refractivity contribution in [1.82, 2.24) is 13.7 Å². The van der Waals surface area contributed by atoms with Gasteiger partial charge in [0.05, 0.1) is 0 Å². The van der Waals surface area contributed by atoms with Crippen molar-refractivity contribution in [2.75, 3.05) is 21.3 Å². The van der Waals surface area contributed by atoms with Gasteiger partial charge in [0.25, 0.3) is 0 Å². The van der Waals surface area contributed by atoms with Crippen molar-refractivity contribution < 1.29 is 13.3 Å². The third kappa shape index (κ3) is 3.40. The maximum absolute atomic E-state index is 12.0. The van der Waals surface area contributed by atoms with E-state index >= 15 is 0 Å². The first-order valence-corrected chi connectivity index (χ1v) is 8.29. The van der Waals surface area contributed by atoms with Gasteiger partial charge < -0.3 is 13.3 Å². The smallest absolute Gasteiger partial charge is 0.377 e. The fraction of sp³-hybridized carbons (Fsp3) is 0.727. The fourth-order valence-electron chi connectivity index (χ4n) is 2.03. The molecule has 1 rings (SSSR count). The largest absolute Gasteiger partial charge is 0.500 e. The Morgan fingerprint density at radius 2 is 1.29 bits per heavy atom. The van der Waals surface area contributed by atoms with E-state index in [1.807, 2.05) is 0 Å². The molecule has 21 heavy (non-hydrogen) atoms. The zero-order chi connectivity index (χ0) is 16.2. The van der Waals surface area contributed by atoms with Crippen molar-refractivity contribution in [3.05, 3.63) is 31.5 Å². The second-order valence-corrected chi connectivity index (χ2v) is 7.61. The summed E-state index contributed by atoms with van der Waals surface area (Å²) in [7, 11) is 4.42. The van der Waals surface area contributed by atoms with Gasteiger partial charge in [-0.2, -0.15) is 0 Å². The molecule has 0 atom stereocenters. The molecule has 0 amide bonds. The molecule has 0 aliphatic heterocycles. The van der Waals surface area contributed by atoms with E-state index in [0.29, 0.717) is 12.5 Å². The highest BCUT2D eigenvalue weighted by molar-refractivity contribution is 6.60. The van der Waals surface area contributed by atoms with E-state index in [2.05, 4.69) is 0 Å². The fourth-order valence-corrected chi connectivity index (χ4v) is 3.74. The Morgan fingerprint density at radius 3 is 1.67 bits per heavy atom. The number of nitrogens with zero attached hydrogens (tertiary/aromatic N) is 3. The van der Waals surface area contributed by atoms with Crippen LogP contribution in [0.2, 0.25) is 6.04 Å². The van der Waals surface area contributed by atoms with E-state index < -0.39 is 25.9 Å². The predicted molar refractivity (Wildman–Crippen MR) is 77.4 cm³/mol. The number of hydrogen-bond donors (Lipinski definition) is 0. The lowest BCUT2D eigenvalue weighted by atomic mass is 10.5.